The molecule has 0 saturated carbocycles. The third kappa shape index (κ3) is 2.28. The molecule has 3 aliphatic heterocycles. The quantitative estimate of drug-likeness (QED) is 0.854. The Morgan fingerprint density at radius 2 is 1.62 bits per heavy atom. The van der Waals surface area contributed by atoms with Crippen molar-refractivity contribution in [3.63, 3.8) is 0 Å². The Kier molecular flexibility index (Phi) is 3.15. The number of rotatable bonds is 2. The number of nitrogens with zero attached hydrogens (tertiary/aromatic N) is 5. The van der Waals surface area contributed by atoms with Crippen molar-refractivity contribution in [1.82, 2.24) is 4.90 Å². The van der Waals surface area contributed by atoms with Gasteiger partial charge in [0.2, 0.25) is 11.9 Å². The molecule has 0 atom stereocenters. The van der Waals surface area contributed by atoms with Crippen LogP contribution in [0.15, 0.2) is 92.4 Å². The van der Waals surface area contributed by atoms with Crippen LogP contribution in [0.25, 0.3) is 5.70 Å². The number of benzene rings is 2. The number of allylic oxidation sites excluding steroid dienone is 2. The number of hydrogen-bond acceptors (Lipinski definition) is 6. The van der Waals surface area contributed by atoms with Gasteiger partial charge >= 0.3 is 0 Å². The lowest BCUT2D eigenvalue weighted by molar-refractivity contribution is 0.738. The summed E-state index contributed by atoms with van der Waals surface area (Å²) in [6.07, 6.45) is 5.49. The molecule has 0 fully saturated rings. The molecule has 6 nitrogen and oxygen atoms in total. The van der Waals surface area contributed by atoms with Gasteiger partial charge in [0.25, 0.3) is 0 Å². The van der Waals surface area contributed by atoms with E-state index in [0.29, 0.717) is 17.6 Å². The molecule has 0 aromatic heterocycles. The van der Waals surface area contributed by atoms with E-state index in [0.717, 1.165) is 28.2 Å². The van der Waals surface area contributed by atoms with E-state index >= 15 is 0 Å². The molecule has 124 valence electrons. The first-order valence-electron chi connectivity index (χ1n) is 8.21. The van der Waals surface area contributed by atoms with Gasteiger partial charge in [-0.3, -0.25) is 0 Å². The SMILES string of the molecule is Nc1ccccc1C1=NC2=NC=NC3=NC(c4ccccc4)=CC(=C1)N23. The molecule has 3 heterocycles. The van der Waals surface area contributed by atoms with E-state index in [2.05, 4.69) is 20.0 Å². The van der Waals surface area contributed by atoms with Gasteiger partial charge in [-0.05, 0) is 18.2 Å². The molecule has 0 spiro atoms. The minimum atomic E-state index is 0.540. The summed E-state index contributed by atoms with van der Waals surface area (Å²) in [5.41, 5.74) is 11.3. The normalized spacial score (nSPS) is 17.5. The van der Waals surface area contributed by atoms with Gasteiger partial charge in [0.15, 0.2) is 0 Å². The van der Waals surface area contributed by atoms with Crippen LogP contribution in [-0.2, 0) is 0 Å². The van der Waals surface area contributed by atoms with Crippen molar-refractivity contribution < 1.29 is 0 Å². The molecule has 26 heavy (non-hydrogen) atoms. The van der Waals surface area contributed by atoms with Crippen molar-refractivity contribution in [3.8, 4) is 0 Å². The maximum absolute atomic E-state index is 6.14. The Morgan fingerprint density at radius 1 is 0.808 bits per heavy atom. The van der Waals surface area contributed by atoms with Crippen LogP contribution in [0.2, 0.25) is 0 Å². The Labute approximate surface area is 150 Å². The van der Waals surface area contributed by atoms with Gasteiger partial charge in [0.1, 0.15) is 6.34 Å². The van der Waals surface area contributed by atoms with Crippen LogP contribution < -0.4 is 5.73 Å². The van der Waals surface area contributed by atoms with Gasteiger partial charge in [0, 0.05) is 16.8 Å². The first kappa shape index (κ1) is 14.5. The Morgan fingerprint density at radius 3 is 2.46 bits per heavy atom. The fourth-order valence-corrected chi connectivity index (χ4v) is 3.08. The van der Waals surface area contributed by atoms with E-state index in [1.807, 2.05) is 71.6 Å². The highest BCUT2D eigenvalue weighted by atomic mass is 15.4. The van der Waals surface area contributed by atoms with Crippen molar-refractivity contribution in [3.05, 3.63) is 83.6 Å². The topological polar surface area (TPSA) is 78.7 Å². The second-order valence-corrected chi connectivity index (χ2v) is 5.97. The zero-order chi connectivity index (χ0) is 17.5. The summed E-state index contributed by atoms with van der Waals surface area (Å²) in [5.74, 6) is 1.10. The minimum absolute atomic E-state index is 0.540. The maximum atomic E-state index is 6.14. The van der Waals surface area contributed by atoms with Crippen LogP contribution in [0.5, 0.6) is 0 Å². The smallest absolute Gasteiger partial charge is 0.239 e. The van der Waals surface area contributed by atoms with E-state index in [9.17, 15) is 0 Å². The molecule has 3 aliphatic rings. The van der Waals surface area contributed by atoms with Gasteiger partial charge in [-0.1, -0.05) is 48.5 Å². The predicted molar refractivity (Wildman–Crippen MR) is 105 cm³/mol. The van der Waals surface area contributed by atoms with Gasteiger partial charge in [-0.25, -0.2) is 24.9 Å². The molecule has 0 unspecified atom stereocenters. The van der Waals surface area contributed by atoms with Gasteiger partial charge in [0.05, 0.1) is 17.1 Å². The molecule has 2 aromatic carbocycles. The van der Waals surface area contributed by atoms with Crippen molar-refractivity contribution in [2.24, 2.45) is 20.0 Å². The highest BCUT2D eigenvalue weighted by Gasteiger charge is 2.30. The van der Waals surface area contributed by atoms with Gasteiger partial charge in [-0.15, -0.1) is 0 Å². The third-order valence-corrected chi connectivity index (χ3v) is 4.32. The molecule has 2 N–H and O–H groups in total. The van der Waals surface area contributed by atoms with Crippen LogP contribution in [0.4, 0.5) is 5.69 Å². The number of para-hydroxylation sites is 1. The van der Waals surface area contributed by atoms with Crippen molar-refractivity contribution in [2.75, 3.05) is 5.73 Å². The summed E-state index contributed by atoms with van der Waals surface area (Å²) in [5, 5.41) is 0. The lowest BCUT2D eigenvalue weighted by Gasteiger charge is -2.31. The van der Waals surface area contributed by atoms with Gasteiger partial charge < -0.3 is 5.73 Å². The number of nitrogen functional groups attached to an aromatic ring is 1. The van der Waals surface area contributed by atoms with Crippen LogP contribution in [0.3, 0.4) is 0 Å². The molecular formula is C20H14N6. The summed E-state index contributed by atoms with van der Waals surface area (Å²) in [6.45, 7) is 0. The van der Waals surface area contributed by atoms with E-state index < -0.39 is 0 Å². The van der Waals surface area contributed by atoms with Crippen LogP contribution >= 0.6 is 0 Å². The summed E-state index contributed by atoms with van der Waals surface area (Å²) in [6, 6.07) is 17.7. The molecule has 6 heteroatoms. The van der Waals surface area contributed by atoms with Crippen molar-refractivity contribution in [1.29, 1.82) is 0 Å². The standard InChI is InChI=1S/C20H14N6/c21-16-9-5-4-8-15(16)18-11-14-10-17(13-6-2-1-3-7-13)24-19-22-12-23-20(25-18)26(14)19/h1-12H,21H2. The Bertz CT molecular complexity index is 1090. The molecule has 0 saturated heterocycles. The number of nitrogens with two attached hydrogens (primary N) is 1. The fraction of sp³-hybridized carbons (Fsp3) is 0. The summed E-state index contributed by atoms with van der Waals surface area (Å²) >= 11 is 0. The number of aliphatic imine (C=N–C) groups is 4. The molecule has 2 aromatic rings. The van der Waals surface area contributed by atoms with Crippen LogP contribution in [0, 0.1) is 0 Å². The lowest BCUT2D eigenvalue weighted by Crippen LogP contribution is -2.40. The van der Waals surface area contributed by atoms with E-state index in [4.69, 9.17) is 5.73 Å². The maximum Gasteiger partial charge on any atom is 0.239 e. The molecule has 5 rings (SSSR count). The first-order chi connectivity index (χ1) is 12.8. The van der Waals surface area contributed by atoms with Crippen molar-refractivity contribution in [2.45, 2.75) is 0 Å². The van der Waals surface area contributed by atoms with Crippen molar-refractivity contribution >= 4 is 35.4 Å². The van der Waals surface area contributed by atoms with Crippen LogP contribution in [0.1, 0.15) is 11.1 Å². The third-order valence-electron chi connectivity index (χ3n) is 4.32. The zero-order valence-corrected chi connectivity index (χ0v) is 13.7. The average Bonchev–Trinajstić information content (AvgIpc) is 2.69. The fourth-order valence-electron chi connectivity index (χ4n) is 3.08. The summed E-state index contributed by atoms with van der Waals surface area (Å²) in [7, 11) is 0. The molecular weight excluding hydrogens is 324 g/mol. The molecule has 0 amide bonds. The monoisotopic (exact) mass is 338 g/mol. The van der Waals surface area contributed by atoms with E-state index in [-0.39, 0.29) is 0 Å². The van der Waals surface area contributed by atoms with E-state index in [1.165, 1.54) is 6.34 Å². The first-order valence-corrected chi connectivity index (χ1v) is 8.21. The number of anilines is 1. The second kappa shape index (κ2) is 5.63. The summed E-state index contributed by atoms with van der Waals surface area (Å²) in [4.78, 5) is 19.8. The largest absolute Gasteiger partial charge is 0.398 e. The number of guanidine groups is 2. The predicted octanol–water partition coefficient (Wildman–Crippen LogP) is 3.07. The summed E-state index contributed by atoms with van der Waals surface area (Å²) < 4.78 is 0. The Balaban J connectivity index is 1.67. The highest BCUT2D eigenvalue weighted by molar-refractivity contribution is 6.23. The zero-order valence-electron chi connectivity index (χ0n) is 13.7. The lowest BCUT2D eigenvalue weighted by atomic mass is 10.0. The highest BCUT2D eigenvalue weighted by Crippen LogP contribution is 2.30. The van der Waals surface area contributed by atoms with Crippen LogP contribution in [-0.4, -0.2) is 28.9 Å². The van der Waals surface area contributed by atoms with Gasteiger partial charge in [-0.2, -0.15) is 0 Å². The van der Waals surface area contributed by atoms with E-state index in [1.54, 1.807) is 0 Å². The Hall–Kier alpha value is -3.80. The minimum Gasteiger partial charge on any atom is -0.398 e. The molecule has 0 radical (unpaired) electrons. The molecule has 0 bridgehead atoms. The second-order valence-electron chi connectivity index (χ2n) is 5.97. The molecule has 0 aliphatic carbocycles. The number of hydrogen-bond donors (Lipinski definition) is 1. The average molecular weight is 338 g/mol.